The Balaban J connectivity index is 1.96. The van der Waals surface area contributed by atoms with Gasteiger partial charge in [-0.3, -0.25) is 9.59 Å². The van der Waals surface area contributed by atoms with Crippen LogP contribution < -0.4 is 10.2 Å². The van der Waals surface area contributed by atoms with E-state index in [4.69, 9.17) is 0 Å². The monoisotopic (exact) mass is 269 g/mol. The molecule has 0 saturated carbocycles. The molecule has 1 N–H and O–H groups in total. The average molecular weight is 269 g/mol. The Morgan fingerprint density at radius 3 is 2.65 bits per heavy atom. The number of carbonyl (C=O) groups is 2. The Morgan fingerprint density at radius 1 is 1.05 bits per heavy atom. The van der Waals surface area contributed by atoms with Gasteiger partial charge < -0.3 is 9.88 Å². The van der Waals surface area contributed by atoms with E-state index in [1.165, 1.54) is 10.5 Å². The average Bonchev–Trinajstić information content (AvgIpc) is 2.93. The molecule has 0 radical (unpaired) electrons. The van der Waals surface area contributed by atoms with Gasteiger partial charge in [0.2, 0.25) is 11.8 Å². The van der Waals surface area contributed by atoms with Crippen molar-refractivity contribution in [3.63, 3.8) is 0 Å². The summed E-state index contributed by atoms with van der Waals surface area (Å²) in [6.07, 6.45) is 2.68. The van der Waals surface area contributed by atoms with Crippen LogP contribution in [0.3, 0.4) is 0 Å². The van der Waals surface area contributed by atoms with Gasteiger partial charge in [0.25, 0.3) is 0 Å². The first-order valence-corrected chi connectivity index (χ1v) is 6.93. The van der Waals surface area contributed by atoms with Crippen molar-refractivity contribution in [3.05, 3.63) is 30.0 Å². The summed E-state index contributed by atoms with van der Waals surface area (Å²) in [4.78, 5) is 25.3. The van der Waals surface area contributed by atoms with Crippen molar-refractivity contribution in [3.8, 4) is 0 Å². The number of rotatable bonds is 1. The van der Waals surface area contributed by atoms with Gasteiger partial charge in [-0.05, 0) is 17.7 Å². The lowest BCUT2D eigenvalue weighted by atomic mass is 10.1. The Hall–Kier alpha value is -2.14. The lowest BCUT2D eigenvalue weighted by Crippen LogP contribution is -2.28. The van der Waals surface area contributed by atoms with Gasteiger partial charge in [-0.2, -0.15) is 0 Å². The Kier molecular flexibility index (Phi) is 2.44. The lowest BCUT2D eigenvalue weighted by Gasteiger charge is -2.16. The fraction of sp³-hybridized carbons (Fsp3) is 0.333. The standard InChI is InChI=1S/C15H15N3O2/c19-13-3-4-14(20)18(13)12-2-1-10-9-16-6-8-17-7-5-11(12)15(10)17/h1-2,5,7,16H,3-4,6,8-9H2. The zero-order chi connectivity index (χ0) is 13.7. The maximum Gasteiger partial charge on any atom is 0.234 e. The molecule has 3 heterocycles. The molecule has 20 heavy (non-hydrogen) atoms. The van der Waals surface area contributed by atoms with Crippen LogP contribution in [0.5, 0.6) is 0 Å². The molecule has 2 aliphatic rings. The normalized spacial score (nSPS) is 18.9. The minimum absolute atomic E-state index is 0.0928. The summed E-state index contributed by atoms with van der Waals surface area (Å²) in [7, 11) is 0. The third-order valence-corrected chi connectivity index (χ3v) is 4.12. The van der Waals surface area contributed by atoms with E-state index in [0.29, 0.717) is 12.8 Å². The number of hydrogen-bond acceptors (Lipinski definition) is 3. The minimum Gasteiger partial charge on any atom is -0.346 e. The fourth-order valence-corrected chi connectivity index (χ4v) is 3.18. The largest absolute Gasteiger partial charge is 0.346 e. The summed E-state index contributed by atoms with van der Waals surface area (Å²) in [6, 6.07) is 5.93. The van der Waals surface area contributed by atoms with Gasteiger partial charge in [-0.15, -0.1) is 0 Å². The number of benzene rings is 1. The van der Waals surface area contributed by atoms with Gasteiger partial charge in [-0.25, -0.2) is 4.90 Å². The number of amides is 2. The van der Waals surface area contributed by atoms with Crippen molar-refractivity contribution in [1.29, 1.82) is 0 Å². The van der Waals surface area contributed by atoms with E-state index in [9.17, 15) is 9.59 Å². The highest BCUT2D eigenvalue weighted by molar-refractivity contribution is 6.23. The van der Waals surface area contributed by atoms with Crippen LogP contribution in [0, 0.1) is 0 Å². The highest BCUT2D eigenvalue weighted by Crippen LogP contribution is 2.34. The molecule has 2 amide bonds. The van der Waals surface area contributed by atoms with E-state index < -0.39 is 0 Å². The summed E-state index contributed by atoms with van der Waals surface area (Å²) in [6.45, 7) is 2.65. The van der Waals surface area contributed by atoms with E-state index in [1.54, 1.807) is 0 Å². The Morgan fingerprint density at radius 2 is 1.85 bits per heavy atom. The second-order valence-electron chi connectivity index (χ2n) is 5.31. The molecule has 4 rings (SSSR count). The first-order valence-electron chi connectivity index (χ1n) is 6.93. The van der Waals surface area contributed by atoms with Crippen LogP contribution in [0.4, 0.5) is 5.69 Å². The number of imide groups is 1. The molecule has 0 atom stereocenters. The maximum absolute atomic E-state index is 12.0. The van der Waals surface area contributed by atoms with Crippen molar-refractivity contribution in [1.82, 2.24) is 9.88 Å². The third kappa shape index (κ3) is 1.53. The molecule has 0 spiro atoms. The summed E-state index contributed by atoms with van der Waals surface area (Å²) in [5, 5.41) is 4.37. The number of carbonyl (C=O) groups excluding carboxylic acids is 2. The first-order chi connectivity index (χ1) is 9.75. The van der Waals surface area contributed by atoms with Gasteiger partial charge in [-0.1, -0.05) is 6.07 Å². The molecule has 0 unspecified atom stereocenters. The van der Waals surface area contributed by atoms with Crippen LogP contribution in [0.2, 0.25) is 0 Å². The van der Waals surface area contributed by atoms with E-state index in [1.807, 2.05) is 24.4 Å². The third-order valence-electron chi connectivity index (χ3n) is 4.12. The number of anilines is 1. The smallest absolute Gasteiger partial charge is 0.234 e. The zero-order valence-corrected chi connectivity index (χ0v) is 11.1. The number of nitrogens with one attached hydrogen (secondary N) is 1. The minimum atomic E-state index is -0.0928. The first kappa shape index (κ1) is 11.7. The molecular formula is C15H15N3O2. The number of hydrogen-bond donors (Lipinski definition) is 1. The van der Waals surface area contributed by atoms with Crippen LogP contribution in [-0.2, 0) is 22.7 Å². The summed E-state index contributed by atoms with van der Waals surface area (Å²) < 4.78 is 2.19. The van der Waals surface area contributed by atoms with Crippen molar-refractivity contribution in [2.24, 2.45) is 0 Å². The molecule has 0 aliphatic carbocycles. The predicted octanol–water partition coefficient (Wildman–Crippen LogP) is 1.40. The van der Waals surface area contributed by atoms with Gasteiger partial charge >= 0.3 is 0 Å². The molecule has 102 valence electrons. The van der Waals surface area contributed by atoms with Gasteiger partial charge in [0.1, 0.15) is 0 Å². The van der Waals surface area contributed by atoms with Crippen LogP contribution in [0.25, 0.3) is 10.9 Å². The van der Waals surface area contributed by atoms with Crippen molar-refractivity contribution < 1.29 is 9.59 Å². The summed E-state index contributed by atoms with van der Waals surface area (Å²) >= 11 is 0. The van der Waals surface area contributed by atoms with Gasteiger partial charge in [0.05, 0.1) is 11.2 Å². The van der Waals surface area contributed by atoms with Crippen LogP contribution >= 0.6 is 0 Å². The van der Waals surface area contributed by atoms with E-state index in [0.717, 1.165) is 36.2 Å². The highest BCUT2D eigenvalue weighted by atomic mass is 16.2. The highest BCUT2D eigenvalue weighted by Gasteiger charge is 2.32. The van der Waals surface area contributed by atoms with Crippen LogP contribution in [-0.4, -0.2) is 22.9 Å². The summed E-state index contributed by atoms with van der Waals surface area (Å²) in [5.74, 6) is -0.186. The molecule has 2 aliphatic heterocycles. The number of nitrogens with zero attached hydrogens (tertiary/aromatic N) is 2. The maximum atomic E-state index is 12.0. The van der Waals surface area contributed by atoms with Crippen LogP contribution in [0.15, 0.2) is 24.4 Å². The second-order valence-corrected chi connectivity index (χ2v) is 5.31. The quantitative estimate of drug-likeness (QED) is 0.796. The molecule has 5 nitrogen and oxygen atoms in total. The zero-order valence-electron chi connectivity index (χ0n) is 11.1. The van der Waals surface area contributed by atoms with E-state index in [-0.39, 0.29) is 11.8 Å². The molecule has 2 aromatic rings. The Labute approximate surface area is 116 Å². The predicted molar refractivity (Wildman–Crippen MR) is 75.4 cm³/mol. The van der Waals surface area contributed by atoms with Crippen LogP contribution in [0.1, 0.15) is 18.4 Å². The second kappa shape index (κ2) is 4.18. The van der Waals surface area contributed by atoms with Gasteiger partial charge in [0, 0.05) is 44.1 Å². The topological polar surface area (TPSA) is 54.3 Å². The fourth-order valence-electron chi connectivity index (χ4n) is 3.18. The Bertz CT molecular complexity index is 716. The van der Waals surface area contributed by atoms with Crippen molar-refractivity contribution in [2.45, 2.75) is 25.9 Å². The van der Waals surface area contributed by atoms with Crippen molar-refractivity contribution in [2.75, 3.05) is 11.4 Å². The molecule has 1 aromatic carbocycles. The molecule has 0 bridgehead atoms. The van der Waals surface area contributed by atoms with E-state index >= 15 is 0 Å². The van der Waals surface area contributed by atoms with E-state index in [2.05, 4.69) is 9.88 Å². The molecule has 5 heteroatoms. The molecule has 1 aromatic heterocycles. The SMILES string of the molecule is O=C1CCC(=O)N1c1ccc2c3c1ccn3CCNC2. The van der Waals surface area contributed by atoms with Crippen molar-refractivity contribution >= 4 is 28.4 Å². The molecule has 1 fully saturated rings. The van der Waals surface area contributed by atoms with Gasteiger partial charge in [0.15, 0.2) is 0 Å². The molecular weight excluding hydrogens is 254 g/mol. The summed E-state index contributed by atoms with van der Waals surface area (Å²) in [5.41, 5.74) is 3.09. The number of aromatic nitrogens is 1. The lowest BCUT2D eigenvalue weighted by molar-refractivity contribution is -0.121. The molecule has 1 saturated heterocycles.